The zero-order chi connectivity index (χ0) is 21.7. The van der Waals surface area contributed by atoms with Crippen LogP contribution in [0.4, 0.5) is 0 Å². The predicted molar refractivity (Wildman–Crippen MR) is 127 cm³/mol. The molecule has 30 heavy (non-hydrogen) atoms. The summed E-state index contributed by atoms with van der Waals surface area (Å²) in [5.41, 5.74) is 1.34. The summed E-state index contributed by atoms with van der Waals surface area (Å²) in [5, 5.41) is 0. The van der Waals surface area contributed by atoms with Gasteiger partial charge in [0.2, 0.25) is 10.0 Å². The van der Waals surface area contributed by atoms with Crippen LogP contribution in [-0.2, 0) is 16.4 Å². The SMILES string of the molecule is CC(C)Oc1ccc(Br)c(CC2CCN(CCC3CCCN(S(C)(=O)=O)C3)CC2)c1. The van der Waals surface area contributed by atoms with Gasteiger partial charge in [-0.25, -0.2) is 12.7 Å². The normalized spacial score (nSPS) is 22.5. The van der Waals surface area contributed by atoms with Crippen LogP contribution in [0, 0.1) is 11.8 Å². The molecule has 2 aliphatic rings. The van der Waals surface area contributed by atoms with Crippen molar-refractivity contribution in [1.82, 2.24) is 9.21 Å². The largest absolute Gasteiger partial charge is 0.491 e. The molecule has 0 saturated carbocycles. The average molecular weight is 502 g/mol. The van der Waals surface area contributed by atoms with E-state index in [0.717, 1.165) is 51.1 Å². The van der Waals surface area contributed by atoms with Crippen molar-refractivity contribution < 1.29 is 13.2 Å². The number of sulfonamides is 1. The molecule has 2 heterocycles. The molecule has 7 heteroatoms. The van der Waals surface area contributed by atoms with Gasteiger partial charge in [-0.05, 0) is 108 Å². The van der Waals surface area contributed by atoms with Gasteiger partial charge in [0.05, 0.1) is 12.4 Å². The van der Waals surface area contributed by atoms with Gasteiger partial charge in [-0.15, -0.1) is 0 Å². The Hall–Kier alpha value is -0.630. The summed E-state index contributed by atoms with van der Waals surface area (Å²) in [6, 6.07) is 6.32. The van der Waals surface area contributed by atoms with Gasteiger partial charge >= 0.3 is 0 Å². The monoisotopic (exact) mass is 500 g/mol. The van der Waals surface area contributed by atoms with Gasteiger partial charge in [-0.1, -0.05) is 15.9 Å². The van der Waals surface area contributed by atoms with E-state index in [0.29, 0.717) is 24.9 Å². The molecule has 2 aliphatic heterocycles. The van der Waals surface area contributed by atoms with Gasteiger partial charge in [0, 0.05) is 17.6 Å². The summed E-state index contributed by atoms with van der Waals surface area (Å²) in [6.07, 6.45) is 8.33. The highest BCUT2D eigenvalue weighted by atomic mass is 79.9. The lowest BCUT2D eigenvalue weighted by atomic mass is 9.89. The molecule has 0 bridgehead atoms. The summed E-state index contributed by atoms with van der Waals surface area (Å²) >= 11 is 3.71. The molecule has 1 unspecified atom stereocenters. The lowest BCUT2D eigenvalue weighted by Crippen LogP contribution is -2.41. The molecule has 1 atom stereocenters. The third-order valence-corrected chi connectivity index (χ3v) is 8.45. The maximum absolute atomic E-state index is 11.8. The topological polar surface area (TPSA) is 49.9 Å². The van der Waals surface area contributed by atoms with Crippen LogP contribution in [-0.4, -0.2) is 62.7 Å². The Labute approximate surface area is 191 Å². The first-order valence-corrected chi connectivity index (χ1v) is 14.0. The number of rotatable bonds is 8. The summed E-state index contributed by atoms with van der Waals surface area (Å²) in [5.74, 6) is 2.17. The van der Waals surface area contributed by atoms with Gasteiger partial charge in [0.15, 0.2) is 0 Å². The molecular weight excluding hydrogens is 464 g/mol. The Balaban J connectivity index is 1.43. The van der Waals surface area contributed by atoms with Crippen LogP contribution < -0.4 is 4.74 Å². The Bertz CT molecular complexity index is 792. The Kier molecular flexibility index (Phi) is 8.64. The van der Waals surface area contributed by atoms with E-state index in [-0.39, 0.29) is 6.10 Å². The average Bonchev–Trinajstić information content (AvgIpc) is 2.69. The molecule has 0 spiro atoms. The van der Waals surface area contributed by atoms with Gasteiger partial charge in [0.25, 0.3) is 0 Å². The van der Waals surface area contributed by atoms with Crippen LogP contribution >= 0.6 is 15.9 Å². The van der Waals surface area contributed by atoms with E-state index in [1.807, 2.05) is 6.07 Å². The van der Waals surface area contributed by atoms with Crippen molar-refractivity contribution in [2.45, 2.75) is 58.5 Å². The van der Waals surface area contributed by atoms with Crippen LogP contribution in [0.3, 0.4) is 0 Å². The molecule has 1 aromatic rings. The molecule has 1 aromatic carbocycles. The lowest BCUT2D eigenvalue weighted by Gasteiger charge is -2.35. The smallest absolute Gasteiger partial charge is 0.211 e. The number of halogens is 1. The third kappa shape index (κ3) is 7.21. The minimum absolute atomic E-state index is 0.191. The van der Waals surface area contributed by atoms with Crippen molar-refractivity contribution >= 4 is 26.0 Å². The van der Waals surface area contributed by atoms with Gasteiger partial charge in [0.1, 0.15) is 5.75 Å². The fourth-order valence-corrected chi connectivity index (χ4v) is 6.06. The summed E-state index contributed by atoms with van der Waals surface area (Å²) in [4.78, 5) is 2.57. The van der Waals surface area contributed by atoms with E-state index < -0.39 is 10.0 Å². The fraction of sp³-hybridized carbons (Fsp3) is 0.739. The van der Waals surface area contributed by atoms with Crippen molar-refractivity contribution in [2.24, 2.45) is 11.8 Å². The van der Waals surface area contributed by atoms with Crippen LogP contribution in [0.2, 0.25) is 0 Å². The number of nitrogens with zero attached hydrogens (tertiary/aromatic N) is 2. The van der Waals surface area contributed by atoms with Crippen LogP contribution in [0.5, 0.6) is 5.75 Å². The summed E-state index contributed by atoms with van der Waals surface area (Å²) < 4.78 is 32.4. The number of likely N-dealkylation sites (tertiary alicyclic amines) is 1. The molecule has 0 N–H and O–H groups in total. The quantitative estimate of drug-likeness (QED) is 0.525. The molecular formula is C23H37BrN2O3S. The zero-order valence-electron chi connectivity index (χ0n) is 18.6. The molecule has 3 rings (SSSR count). The van der Waals surface area contributed by atoms with Crippen molar-refractivity contribution in [1.29, 1.82) is 0 Å². The standard InChI is InChI=1S/C23H37BrN2O3S/c1-18(2)29-22-6-7-23(24)21(16-22)15-19-8-12-25(13-9-19)14-10-20-5-4-11-26(17-20)30(3,27)28/h6-7,16,18-20H,4-5,8-15,17H2,1-3H3. The molecule has 2 saturated heterocycles. The maximum Gasteiger partial charge on any atom is 0.211 e. The summed E-state index contributed by atoms with van der Waals surface area (Å²) in [7, 11) is -3.05. The van der Waals surface area contributed by atoms with E-state index in [4.69, 9.17) is 4.74 Å². The number of hydrogen-bond donors (Lipinski definition) is 0. The van der Waals surface area contributed by atoms with E-state index in [9.17, 15) is 8.42 Å². The Morgan fingerprint density at radius 3 is 2.53 bits per heavy atom. The van der Waals surface area contributed by atoms with Crippen LogP contribution in [0.15, 0.2) is 22.7 Å². The van der Waals surface area contributed by atoms with Crippen LogP contribution in [0.25, 0.3) is 0 Å². The highest BCUT2D eigenvalue weighted by molar-refractivity contribution is 9.10. The molecule has 0 aromatic heterocycles. The molecule has 5 nitrogen and oxygen atoms in total. The van der Waals surface area contributed by atoms with Crippen molar-refractivity contribution in [3.63, 3.8) is 0 Å². The van der Waals surface area contributed by atoms with E-state index >= 15 is 0 Å². The highest BCUT2D eigenvalue weighted by Crippen LogP contribution is 2.30. The van der Waals surface area contributed by atoms with Crippen molar-refractivity contribution in [3.8, 4) is 5.75 Å². The number of ether oxygens (including phenoxy) is 1. The van der Waals surface area contributed by atoms with E-state index in [1.165, 1.54) is 29.1 Å². The molecule has 0 aliphatic carbocycles. The van der Waals surface area contributed by atoms with E-state index in [1.54, 1.807) is 4.31 Å². The molecule has 170 valence electrons. The predicted octanol–water partition coefficient (Wildman–Crippen LogP) is 4.55. The Morgan fingerprint density at radius 1 is 1.13 bits per heavy atom. The lowest BCUT2D eigenvalue weighted by molar-refractivity contribution is 0.160. The maximum atomic E-state index is 11.8. The van der Waals surface area contributed by atoms with Crippen LogP contribution in [0.1, 0.15) is 51.5 Å². The fourth-order valence-electron chi connectivity index (χ4n) is 4.71. The second-order valence-corrected chi connectivity index (χ2v) is 12.2. The first kappa shape index (κ1) is 24.0. The van der Waals surface area contributed by atoms with E-state index in [2.05, 4.69) is 46.8 Å². The second kappa shape index (κ2) is 10.8. The minimum atomic E-state index is -3.05. The Morgan fingerprint density at radius 2 is 1.87 bits per heavy atom. The first-order valence-electron chi connectivity index (χ1n) is 11.3. The highest BCUT2D eigenvalue weighted by Gasteiger charge is 2.27. The van der Waals surface area contributed by atoms with Crippen molar-refractivity contribution in [3.05, 3.63) is 28.2 Å². The molecule has 0 amide bonds. The van der Waals surface area contributed by atoms with Gasteiger partial charge in [-0.3, -0.25) is 0 Å². The molecule has 0 radical (unpaired) electrons. The van der Waals surface area contributed by atoms with Crippen molar-refractivity contribution in [2.75, 3.05) is 39.0 Å². The number of benzene rings is 1. The summed E-state index contributed by atoms with van der Waals surface area (Å²) in [6.45, 7) is 8.90. The second-order valence-electron chi connectivity index (χ2n) is 9.33. The first-order chi connectivity index (χ1) is 14.2. The number of piperidine rings is 2. The van der Waals surface area contributed by atoms with Gasteiger partial charge < -0.3 is 9.64 Å². The minimum Gasteiger partial charge on any atom is -0.491 e. The third-order valence-electron chi connectivity index (χ3n) is 6.41. The van der Waals surface area contributed by atoms with Gasteiger partial charge in [-0.2, -0.15) is 0 Å². The zero-order valence-corrected chi connectivity index (χ0v) is 21.1. The number of hydrogen-bond acceptors (Lipinski definition) is 4. The molecule has 2 fully saturated rings.